The highest BCUT2D eigenvalue weighted by atomic mass is 28.4. The number of hydrogen-bond acceptors (Lipinski definition) is 2. The Balaban J connectivity index is 3.22. The van der Waals surface area contributed by atoms with Gasteiger partial charge in [0.2, 0.25) is 0 Å². The lowest BCUT2D eigenvalue weighted by molar-refractivity contribution is 0.201. The number of hydrogen-bond donors (Lipinski definition) is 0. The van der Waals surface area contributed by atoms with Crippen LogP contribution in [0, 0.1) is 17.5 Å². The summed E-state index contributed by atoms with van der Waals surface area (Å²) < 4.78 is 50.5. The Labute approximate surface area is 99.6 Å². The molecule has 0 atom stereocenters. The first-order valence-corrected chi connectivity index (χ1v) is 7.69. The molecule has 1 rings (SSSR count). The molecule has 0 fully saturated rings. The zero-order chi connectivity index (χ0) is 13.1. The van der Waals surface area contributed by atoms with Crippen molar-refractivity contribution in [3.8, 4) is 0 Å². The van der Waals surface area contributed by atoms with Gasteiger partial charge in [-0.15, -0.1) is 0 Å². The predicted molar refractivity (Wildman–Crippen MR) is 60.8 cm³/mol. The summed E-state index contributed by atoms with van der Waals surface area (Å²) in [7, 11) is -3.01. The van der Waals surface area contributed by atoms with Gasteiger partial charge in [0.05, 0.1) is 0 Å². The minimum absolute atomic E-state index is 0.0138. The van der Waals surface area contributed by atoms with Gasteiger partial charge in [-0.05, 0) is 26.5 Å². The maximum Gasteiger partial charge on any atom is 0.372 e. The molecular weight excluding hydrogens is 249 g/mol. The molecule has 96 valence electrons. The van der Waals surface area contributed by atoms with Gasteiger partial charge in [0.25, 0.3) is 0 Å². The third kappa shape index (κ3) is 3.08. The van der Waals surface area contributed by atoms with Crippen LogP contribution in [-0.2, 0) is 8.85 Å². The molecule has 0 spiro atoms. The first-order chi connectivity index (χ1) is 7.94. The third-order valence-electron chi connectivity index (χ3n) is 2.34. The number of benzene rings is 1. The van der Waals surface area contributed by atoms with Gasteiger partial charge in [0, 0.05) is 24.5 Å². The van der Waals surface area contributed by atoms with E-state index in [9.17, 15) is 13.2 Å². The van der Waals surface area contributed by atoms with Crippen LogP contribution in [0.1, 0.15) is 13.8 Å². The summed E-state index contributed by atoms with van der Waals surface area (Å²) in [6.45, 7) is 5.72. The number of rotatable bonds is 5. The van der Waals surface area contributed by atoms with E-state index in [4.69, 9.17) is 8.85 Å². The second-order valence-corrected chi connectivity index (χ2v) is 6.57. The zero-order valence-electron chi connectivity index (χ0n) is 10.0. The molecule has 0 saturated heterocycles. The van der Waals surface area contributed by atoms with Crippen LogP contribution < -0.4 is 5.19 Å². The Kier molecular flexibility index (Phi) is 4.73. The second kappa shape index (κ2) is 5.66. The summed E-state index contributed by atoms with van der Waals surface area (Å²) in [5.41, 5.74) is 0. The van der Waals surface area contributed by atoms with E-state index < -0.39 is 26.0 Å². The smallest absolute Gasteiger partial charge is 0.372 e. The van der Waals surface area contributed by atoms with Crippen LogP contribution in [0.25, 0.3) is 0 Å². The van der Waals surface area contributed by atoms with Crippen molar-refractivity contribution >= 4 is 13.7 Å². The summed E-state index contributed by atoms with van der Waals surface area (Å²) in [6.07, 6.45) is 0. The second-order valence-electron chi connectivity index (χ2n) is 3.56. The Hall–Kier alpha value is -0.853. The van der Waals surface area contributed by atoms with Crippen LogP contribution in [-0.4, -0.2) is 21.8 Å². The molecule has 0 saturated carbocycles. The molecule has 17 heavy (non-hydrogen) atoms. The van der Waals surface area contributed by atoms with Crippen molar-refractivity contribution in [3.63, 3.8) is 0 Å². The highest BCUT2D eigenvalue weighted by Gasteiger charge is 2.37. The molecule has 0 amide bonds. The zero-order valence-corrected chi connectivity index (χ0v) is 11.0. The van der Waals surface area contributed by atoms with Gasteiger partial charge in [0.15, 0.2) is 11.6 Å². The molecule has 1 aromatic rings. The molecule has 0 radical (unpaired) electrons. The molecule has 1 aromatic carbocycles. The van der Waals surface area contributed by atoms with Gasteiger partial charge in [-0.25, -0.2) is 13.2 Å². The fourth-order valence-corrected chi connectivity index (χ4v) is 4.01. The van der Waals surface area contributed by atoms with E-state index >= 15 is 0 Å². The number of halogens is 3. The highest BCUT2D eigenvalue weighted by molar-refractivity contribution is 6.80. The normalized spacial score (nSPS) is 11.9. The quantitative estimate of drug-likeness (QED) is 0.601. The van der Waals surface area contributed by atoms with E-state index in [2.05, 4.69) is 0 Å². The lowest BCUT2D eigenvalue weighted by atomic mass is 10.3. The largest absolute Gasteiger partial charge is 0.391 e. The monoisotopic (exact) mass is 264 g/mol. The fraction of sp³-hybridized carbons (Fsp3) is 0.455. The van der Waals surface area contributed by atoms with Gasteiger partial charge in [-0.1, -0.05) is 0 Å². The van der Waals surface area contributed by atoms with E-state index in [0.717, 1.165) is 6.07 Å². The Morgan fingerprint density at radius 3 is 1.88 bits per heavy atom. The third-order valence-corrected chi connectivity index (χ3v) is 5.38. The van der Waals surface area contributed by atoms with Crippen LogP contribution >= 0.6 is 0 Å². The molecule has 0 bridgehead atoms. The lowest BCUT2D eigenvalue weighted by Gasteiger charge is -2.26. The molecule has 0 unspecified atom stereocenters. The van der Waals surface area contributed by atoms with E-state index in [1.54, 1.807) is 20.4 Å². The molecule has 0 aliphatic rings. The van der Waals surface area contributed by atoms with Gasteiger partial charge < -0.3 is 8.85 Å². The first kappa shape index (κ1) is 14.2. The summed E-state index contributed by atoms with van der Waals surface area (Å²) in [4.78, 5) is 0. The van der Waals surface area contributed by atoms with Gasteiger partial charge >= 0.3 is 8.56 Å². The van der Waals surface area contributed by atoms with Crippen molar-refractivity contribution in [2.24, 2.45) is 0 Å². The van der Waals surface area contributed by atoms with Gasteiger partial charge in [-0.3, -0.25) is 0 Å². The Bertz CT molecular complexity index is 393. The van der Waals surface area contributed by atoms with Gasteiger partial charge in [0.1, 0.15) is 5.82 Å². The molecule has 0 aliphatic carbocycles. The summed E-state index contributed by atoms with van der Waals surface area (Å²) in [5, 5.41) is -0.0138. The molecule has 0 heterocycles. The van der Waals surface area contributed by atoms with E-state index in [1.807, 2.05) is 0 Å². The topological polar surface area (TPSA) is 18.5 Å². The molecule has 2 nitrogen and oxygen atoms in total. The molecule has 0 aliphatic heterocycles. The maximum absolute atomic E-state index is 13.6. The first-order valence-electron chi connectivity index (χ1n) is 5.37. The summed E-state index contributed by atoms with van der Waals surface area (Å²) >= 11 is 0. The van der Waals surface area contributed by atoms with Crippen LogP contribution in [0.3, 0.4) is 0 Å². The summed E-state index contributed by atoms with van der Waals surface area (Å²) in [5.74, 6) is -3.14. The molecular formula is C11H15F3O2Si. The van der Waals surface area contributed by atoms with Crippen LogP contribution in [0.5, 0.6) is 0 Å². The molecule has 0 N–H and O–H groups in total. The summed E-state index contributed by atoms with van der Waals surface area (Å²) in [6, 6.07) is 1.34. The standard InChI is InChI=1S/C11H15F3O2Si/c1-4-15-17(3,16-5-2)11-7-9(13)8(12)6-10(11)14/h6-7H,4-5H2,1-3H3. The average Bonchev–Trinajstić information content (AvgIpc) is 2.24. The SMILES string of the molecule is CCO[Si](C)(OCC)c1cc(F)c(F)cc1F. The van der Waals surface area contributed by atoms with Crippen LogP contribution in [0.4, 0.5) is 13.2 Å². The fourth-order valence-electron chi connectivity index (χ4n) is 1.62. The van der Waals surface area contributed by atoms with E-state index in [0.29, 0.717) is 19.3 Å². The average molecular weight is 264 g/mol. The lowest BCUT2D eigenvalue weighted by Crippen LogP contribution is -2.52. The van der Waals surface area contributed by atoms with Crippen molar-refractivity contribution in [2.75, 3.05) is 13.2 Å². The minimum Gasteiger partial charge on any atom is -0.391 e. The van der Waals surface area contributed by atoms with Crippen molar-refractivity contribution < 1.29 is 22.0 Å². The van der Waals surface area contributed by atoms with Crippen molar-refractivity contribution in [1.82, 2.24) is 0 Å². The Morgan fingerprint density at radius 2 is 1.41 bits per heavy atom. The highest BCUT2D eigenvalue weighted by Crippen LogP contribution is 2.14. The van der Waals surface area contributed by atoms with Crippen molar-refractivity contribution in [1.29, 1.82) is 0 Å². The van der Waals surface area contributed by atoms with E-state index in [1.165, 1.54) is 0 Å². The predicted octanol–water partition coefficient (Wildman–Crippen LogP) is 2.46. The van der Waals surface area contributed by atoms with Crippen LogP contribution in [0.2, 0.25) is 6.55 Å². The van der Waals surface area contributed by atoms with Crippen LogP contribution in [0.15, 0.2) is 12.1 Å². The van der Waals surface area contributed by atoms with Gasteiger partial charge in [-0.2, -0.15) is 0 Å². The molecule has 6 heteroatoms. The van der Waals surface area contributed by atoms with Crippen molar-refractivity contribution in [2.45, 2.75) is 20.4 Å². The van der Waals surface area contributed by atoms with E-state index in [-0.39, 0.29) is 5.19 Å². The minimum atomic E-state index is -3.01. The maximum atomic E-state index is 13.6. The Morgan fingerprint density at radius 1 is 0.941 bits per heavy atom. The van der Waals surface area contributed by atoms with Crippen molar-refractivity contribution in [3.05, 3.63) is 29.6 Å². The molecule has 0 aromatic heterocycles.